The Morgan fingerprint density at radius 3 is 2.37 bits per heavy atom. The van der Waals surface area contributed by atoms with Crippen molar-refractivity contribution in [3.8, 4) is 0 Å². The summed E-state index contributed by atoms with van der Waals surface area (Å²) < 4.78 is 49.3. The summed E-state index contributed by atoms with van der Waals surface area (Å²) in [5.41, 5.74) is 2.06. The van der Waals surface area contributed by atoms with Crippen LogP contribution in [0.1, 0.15) is 18.6 Å². The van der Waals surface area contributed by atoms with Crippen molar-refractivity contribution in [1.82, 2.24) is 0 Å². The van der Waals surface area contributed by atoms with Crippen molar-refractivity contribution in [3.05, 3.63) is 29.3 Å². The summed E-state index contributed by atoms with van der Waals surface area (Å²) >= 11 is -1.69. The van der Waals surface area contributed by atoms with Gasteiger partial charge in [0.25, 0.3) is 0 Å². The van der Waals surface area contributed by atoms with Crippen LogP contribution in [0, 0.1) is 13.8 Å². The smallest absolute Gasteiger partial charge is 0.284 e. The quantitative estimate of drug-likeness (QED) is 0.636. The minimum absolute atomic E-state index is 0. The topological polar surface area (TPSA) is 89.9 Å². The van der Waals surface area contributed by atoms with Gasteiger partial charge in [0.15, 0.2) is 11.1 Å². The van der Waals surface area contributed by atoms with Crippen LogP contribution in [-0.4, -0.2) is 30.4 Å². The van der Waals surface area contributed by atoms with E-state index in [0.717, 1.165) is 11.1 Å². The van der Waals surface area contributed by atoms with E-state index in [9.17, 15) is 12.6 Å². The van der Waals surface area contributed by atoms with Gasteiger partial charge in [0.1, 0.15) is 0 Å². The predicted molar refractivity (Wildman–Crippen MR) is 72.5 cm³/mol. The highest BCUT2D eigenvalue weighted by molar-refractivity contribution is 7.81. The van der Waals surface area contributed by atoms with Crippen molar-refractivity contribution in [3.63, 3.8) is 0 Å². The van der Waals surface area contributed by atoms with Crippen molar-refractivity contribution in [1.29, 1.82) is 0 Å². The molecule has 19 heavy (non-hydrogen) atoms. The second kappa shape index (κ2) is 7.71. The maximum absolute atomic E-state index is 11.7. The summed E-state index contributed by atoms with van der Waals surface area (Å²) in [4.78, 5) is 0.491. The Kier molecular flexibility index (Phi) is 7.38. The molecule has 0 saturated heterocycles. The molecular formula is C11H18O6S2. The van der Waals surface area contributed by atoms with Crippen LogP contribution < -0.4 is 0 Å². The number of benzene rings is 1. The molecule has 0 fully saturated rings. The molecule has 0 bridgehead atoms. The van der Waals surface area contributed by atoms with E-state index >= 15 is 0 Å². The Morgan fingerprint density at radius 2 is 1.84 bits per heavy atom. The van der Waals surface area contributed by atoms with Gasteiger partial charge >= 0.3 is 10.4 Å². The summed E-state index contributed by atoms with van der Waals surface area (Å²) in [7, 11) is -4.48. The van der Waals surface area contributed by atoms with Crippen LogP contribution in [0.4, 0.5) is 0 Å². The highest BCUT2D eigenvalue weighted by Crippen LogP contribution is 2.13. The van der Waals surface area contributed by atoms with Gasteiger partial charge in [0, 0.05) is 0 Å². The predicted octanol–water partition coefficient (Wildman–Crippen LogP) is 1.80. The average molecular weight is 310 g/mol. The highest BCUT2D eigenvalue weighted by atomic mass is 32.3. The fourth-order valence-electron chi connectivity index (χ4n) is 1.13. The molecule has 1 atom stereocenters. The van der Waals surface area contributed by atoms with Crippen molar-refractivity contribution >= 4 is 21.5 Å². The first-order valence-corrected chi connectivity index (χ1v) is 7.48. The molecule has 1 aromatic rings. The molecular weight excluding hydrogens is 292 g/mol. The summed E-state index contributed by atoms with van der Waals surface area (Å²) in [5.74, 6) is 0. The highest BCUT2D eigenvalue weighted by Gasteiger charge is 2.08. The largest absolute Gasteiger partial charge is 0.397 e. The molecule has 0 spiro atoms. The van der Waals surface area contributed by atoms with E-state index in [0.29, 0.717) is 4.90 Å². The van der Waals surface area contributed by atoms with Crippen LogP contribution >= 0.6 is 0 Å². The Morgan fingerprint density at radius 1 is 1.21 bits per heavy atom. The van der Waals surface area contributed by atoms with Crippen molar-refractivity contribution < 1.29 is 25.5 Å². The molecule has 0 saturated carbocycles. The summed E-state index contributed by atoms with van der Waals surface area (Å²) in [5, 5.41) is 0. The van der Waals surface area contributed by atoms with Gasteiger partial charge in [-0.2, -0.15) is 8.42 Å². The van der Waals surface area contributed by atoms with Crippen LogP contribution in [0.5, 0.6) is 0 Å². The Labute approximate surface area is 116 Å². The average Bonchev–Trinajstić information content (AvgIpc) is 2.26. The Hall–Kier alpha value is -0.800. The number of aryl methyl sites for hydroxylation is 2. The summed E-state index contributed by atoms with van der Waals surface area (Å²) in [6.45, 7) is 3.22. The van der Waals surface area contributed by atoms with E-state index in [1.165, 1.54) is 0 Å². The molecule has 1 unspecified atom stereocenters. The Balaban J connectivity index is 0.00000324. The van der Waals surface area contributed by atoms with Crippen LogP contribution in [0.25, 0.3) is 0 Å². The van der Waals surface area contributed by atoms with E-state index in [1.807, 2.05) is 19.9 Å². The monoisotopic (exact) mass is 310 g/mol. The SMILES string of the molecule is C.Cc1ccc(S(=O)OCCOS(=O)(=O)O)cc1C. The van der Waals surface area contributed by atoms with Crippen molar-refractivity contribution in [2.24, 2.45) is 0 Å². The van der Waals surface area contributed by atoms with Crippen LogP contribution in [0.15, 0.2) is 23.1 Å². The van der Waals surface area contributed by atoms with Gasteiger partial charge in [-0.05, 0) is 37.1 Å². The van der Waals surface area contributed by atoms with Crippen molar-refractivity contribution in [2.45, 2.75) is 26.2 Å². The third-order valence-electron chi connectivity index (χ3n) is 2.18. The first kappa shape index (κ1) is 18.2. The lowest BCUT2D eigenvalue weighted by molar-refractivity contribution is 0.212. The molecule has 110 valence electrons. The zero-order valence-electron chi connectivity index (χ0n) is 9.95. The van der Waals surface area contributed by atoms with Crippen LogP contribution in [0.2, 0.25) is 0 Å². The number of rotatable bonds is 6. The van der Waals surface area contributed by atoms with Gasteiger partial charge in [-0.1, -0.05) is 13.5 Å². The second-order valence-corrected chi connectivity index (χ2v) is 5.82. The first-order chi connectivity index (χ1) is 8.29. The molecule has 0 aliphatic rings. The molecule has 8 heteroatoms. The molecule has 6 nitrogen and oxygen atoms in total. The van der Waals surface area contributed by atoms with Gasteiger partial charge in [-0.25, -0.2) is 8.39 Å². The van der Waals surface area contributed by atoms with E-state index in [2.05, 4.69) is 4.18 Å². The zero-order chi connectivity index (χ0) is 13.8. The fraction of sp³-hybridized carbons (Fsp3) is 0.455. The first-order valence-electron chi connectivity index (χ1n) is 5.04. The molecule has 1 aromatic carbocycles. The van der Waals surface area contributed by atoms with Crippen molar-refractivity contribution in [2.75, 3.05) is 13.2 Å². The lowest BCUT2D eigenvalue weighted by atomic mass is 10.1. The minimum Gasteiger partial charge on any atom is -0.284 e. The molecule has 0 aromatic heterocycles. The Bertz CT molecular complexity index is 538. The van der Waals surface area contributed by atoms with E-state index < -0.39 is 28.1 Å². The molecule has 0 radical (unpaired) electrons. The third-order valence-corrected chi connectivity index (χ3v) is 3.66. The third kappa shape index (κ3) is 6.79. The number of hydrogen-bond acceptors (Lipinski definition) is 5. The van der Waals surface area contributed by atoms with Gasteiger partial charge in [-0.15, -0.1) is 0 Å². The maximum atomic E-state index is 11.7. The molecule has 0 aliphatic carbocycles. The zero-order valence-corrected chi connectivity index (χ0v) is 11.6. The fourth-order valence-corrected chi connectivity index (χ4v) is 2.22. The molecule has 0 amide bonds. The van der Waals surface area contributed by atoms with Gasteiger partial charge in [0.05, 0.1) is 18.1 Å². The summed E-state index contributed by atoms with van der Waals surface area (Å²) in [6, 6.07) is 5.22. The molecule has 0 heterocycles. The van der Waals surface area contributed by atoms with E-state index in [-0.39, 0.29) is 14.0 Å². The standard InChI is InChI=1S/C10H14O6S2.CH4/c1-8-3-4-10(7-9(8)2)17(11)15-5-6-16-18(12,13)14;/h3-4,7H,5-6H2,1-2H3,(H,12,13,14);1H4. The van der Waals surface area contributed by atoms with E-state index in [4.69, 9.17) is 8.74 Å². The van der Waals surface area contributed by atoms with Gasteiger partial charge in [-0.3, -0.25) is 8.74 Å². The van der Waals surface area contributed by atoms with Crippen LogP contribution in [-0.2, 0) is 29.8 Å². The number of hydrogen-bond donors (Lipinski definition) is 1. The molecule has 0 aliphatic heterocycles. The van der Waals surface area contributed by atoms with Crippen LogP contribution in [0.3, 0.4) is 0 Å². The van der Waals surface area contributed by atoms with Gasteiger partial charge in [0.2, 0.25) is 0 Å². The second-order valence-electron chi connectivity index (χ2n) is 3.55. The minimum atomic E-state index is -4.48. The molecule has 1 rings (SSSR count). The lowest BCUT2D eigenvalue weighted by Gasteiger charge is -2.05. The van der Waals surface area contributed by atoms with Gasteiger partial charge < -0.3 is 0 Å². The maximum Gasteiger partial charge on any atom is 0.397 e. The lowest BCUT2D eigenvalue weighted by Crippen LogP contribution is -2.11. The van der Waals surface area contributed by atoms with E-state index in [1.54, 1.807) is 12.1 Å². The molecule has 1 N–H and O–H groups in total. The summed E-state index contributed by atoms with van der Waals surface area (Å²) in [6.07, 6.45) is 0. The normalized spacial score (nSPS) is 12.8.